The molecule has 0 aromatic heterocycles. The number of nitrogens with one attached hydrogen (secondary N) is 1. The minimum atomic E-state index is -3.86. The molecule has 2 N–H and O–H groups in total. The molecule has 0 aromatic rings. The van der Waals surface area contributed by atoms with Crippen LogP contribution in [0.15, 0.2) is 0 Å². The standard InChI is InChI=1S/C2H7NO4S.Na.H/c1-2-7-8(5,6)3-4;;/h3-4H,2H2,1H3;;/q;+1;-1. The number of rotatable bonds is 3. The first kappa shape index (κ1) is 12.5. The minimum Gasteiger partial charge on any atom is -1.00 e. The van der Waals surface area contributed by atoms with E-state index in [0.717, 1.165) is 4.89 Å². The maximum absolute atomic E-state index is 10.0. The summed E-state index contributed by atoms with van der Waals surface area (Å²) in [5.74, 6) is 0. The van der Waals surface area contributed by atoms with Crippen LogP contribution in [0.5, 0.6) is 0 Å². The Bertz CT molecular complexity index is 147. The molecule has 0 aliphatic carbocycles. The van der Waals surface area contributed by atoms with E-state index < -0.39 is 10.3 Å². The Balaban J connectivity index is -0.000000245. The van der Waals surface area contributed by atoms with Gasteiger partial charge in [-0.1, -0.05) is 4.89 Å². The van der Waals surface area contributed by atoms with Crippen molar-refractivity contribution in [2.24, 2.45) is 0 Å². The summed E-state index contributed by atoms with van der Waals surface area (Å²) in [6, 6.07) is 0. The van der Waals surface area contributed by atoms with Crippen LogP contribution >= 0.6 is 0 Å². The molecule has 0 heterocycles. The van der Waals surface area contributed by atoms with E-state index in [1.165, 1.54) is 6.92 Å². The summed E-state index contributed by atoms with van der Waals surface area (Å²) in [7, 11) is -3.86. The van der Waals surface area contributed by atoms with Crippen LogP contribution in [0.3, 0.4) is 0 Å². The third-order valence-corrected chi connectivity index (χ3v) is 1.15. The number of hydrogen-bond donors (Lipinski definition) is 2. The van der Waals surface area contributed by atoms with Gasteiger partial charge in [0.2, 0.25) is 0 Å². The van der Waals surface area contributed by atoms with E-state index in [9.17, 15) is 8.42 Å². The Morgan fingerprint density at radius 3 is 2.33 bits per heavy atom. The maximum Gasteiger partial charge on any atom is 1.00 e. The van der Waals surface area contributed by atoms with E-state index in [4.69, 9.17) is 5.21 Å². The molecule has 9 heavy (non-hydrogen) atoms. The van der Waals surface area contributed by atoms with E-state index in [0.29, 0.717) is 0 Å². The van der Waals surface area contributed by atoms with Crippen molar-refractivity contribution in [3.8, 4) is 0 Å². The van der Waals surface area contributed by atoms with Crippen LogP contribution in [-0.2, 0) is 14.5 Å². The molecule has 0 aliphatic rings. The Kier molecular flexibility index (Phi) is 7.78. The van der Waals surface area contributed by atoms with Gasteiger partial charge >= 0.3 is 39.9 Å². The fraction of sp³-hybridized carbons (Fsp3) is 1.00. The van der Waals surface area contributed by atoms with Crippen LogP contribution in [0.1, 0.15) is 8.35 Å². The largest absolute Gasteiger partial charge is 1.00 e. The van der Waals surface area contributed by atoms with Crippen LogP contribution in [-0.4, -0.2) is 20.2 Å². The molecule has 0 unspecified atom stereocenters. The second-order valence-electron chi connectivity index (χ2n) is 0.952. The number of hydrogen-bond acceptors (Lipinski definition) is 4. The van der Waals surface area contributed by atoms with Gasteiger partial charge in [-0.3, -0.25) is 4.18 Å². The predicted molar refractivity (Wildman–Crippen MR) is 26.6 cm³/mol. The first-order valence-electron chi connectivity index (χ1n) is 1.92. The normalized spacial score (nSPS) is 10.4. The van der Waals surface area contributed by atoms with Crippen LogP contribution < -0.4 is 34.4 Å². The Morgan fingerprint density at radius 2 is 2.22 bits per heavy atom. The van der Waals surface area contributed by atoms with Crippen LogP contribution in [0.2, 0.25) is 0 Å². The molecule has 5 nitrogen and oxygen atoms in total. The van der Waals surface area contributed by atoms with Gasteiger partial charge in [0.05, 0.1) is 6.61 Å². The first-order valence-corrected chi connectivity index (χ1v) is 3.33. The second kappa shape index (κ2) is 5.60. The van der Waals surface area contributed by atoms with E-state index >= 15 is 0 Å². The molecule has 0 saturated heterocycles. The van der Waals surface area contributed by atoms with Crippen molar-refractivity contribution in [2.75, 3.05) is 6.61 Å². The minimum absolute atomic E-state index is 0. The third-order valence-electron chi connectivity index (χ3n) is 0.385. The molecule has 0 radical (unpaired) electrons. The van der Waals surface area contributed by atoms with Crippen molar-refractivity contribution < 1.29 is 48.8 Å². The average Bonchev–Trinajstić information content (AvgIpc) is 1.67. The van der Waals surface area contributed by atoms with Crippen LogP contribution in [0.25, 0.3) is 0 Å². The summed E-state index contributed by atoms with van der Waals surface area (Å²) >= 11 is 0. The molecule has 0 bridgehead atoms. The molecule has 0 rings (SSSR count). The van der Waals surface area contributed by atoms with E-state index in [-0.39, 0.29) is 37.6 Å². The van der Waals surface area contributed by atoms with Gasteiger partial charge in [-0.05, 0) is 6.92 Å². The van der Waals surface area contributed by atoms with Gasteiger partial charge in [-0.2, -0.15) is 8.42 Å². The third kappa shape index (κ3) is 6.72. The fourth-order valence-corrected chi connectivity index (χ4v) is 0.545. The van der Waals surface area contributed by atoms with Crippen molar-refractivity contribution in [2.45, 2.75) is 6.92 Å². The zero-order chi connectivity index (χ0) is 6.62. The summed E-state index contributed by atoms with van der Waals surface area (Å²) < 4.78 is 24.0. The van der Waals surface area contributed by atoms with Gasteiger partial charge in [0.1, 0.15) is 0 Å². The summed E-state index contributed by atoms with van der Waals surface area (Å²) in [6.45, 7) is 1.50. The predicted octanol–water partition coefficient (Wildman–Crippen LogP) is -3.64. The molecule has 0 fully saturated rings. The molecule has 0 aromatic carbocycles. The quantitative estimate of drug-likeness (QED) is 0.334. The van der Waals surface area contributed by atoms with Gasteiger partial charge in [0, 0.05) is 0 Å². The Hall–Kier alpha value is 0.830. The van der Waals surface area contributed by atoms with Crippen molar-refractivity contribution in [3.05, 3.63) is 0 Å². The van der Waals surface area contributed by atoms with Crippen LogP contribution in [0.4, 0.5) is 0 Å². The second-order valence-corrected chi connectivity index (χ2v) is 2.28. The Labute approximate surface area is 77.4 Å². The smallest absolute Gasteiger partial charge is 1.00 e. The summed E-state index contributed by atoms with van der Waals surface area (Å²) in [5.41, 5.74) is 0. The molecular weight excluding hydrogens is 157 g/mol. The molecule has 0 saturated carbocycles. The van der Waals surface area contributed by atoms with Gasteiger partial charge in [-0.25, -0.2) is 0 Å². The van der Waals surface area contributed by atoms with Gasteiger partial charge < -0.3 is 6.63 Å². The van der Waals surface area contributed by atoms with E-state index in [1.54, 1.807) is 0 Å². The summed E-state index contributed by atoms with van der Waals surface area (Å²) in [6.07, 6.45) is 0. The van der Waals surface area contributed by atoms with Crippen molar-refractivity contribution >= 4 is 10.3 Å². The van der Waals surface area contributed by atoms with Gasteiger partial charge in [0.15, 0.2) is 0 Å². The molecular formula is C2H8NNaO4S. The van der Waals surface area contributed by atoms with E-state index in [1.807, 2.05) is 0 Å². The van der Waals surface area contributed by atoms with Gasteiger partial charge in [-0.15, -0.1) is 0 Å². The van der Waals surface area contributed by atoms with E-state index in [2.05, 4.69) is 4.18 Å². The van der Waals surface area contributed by atoms with Crippen molar-refractivity contribution in [1.82, 2.24) is 4.89 Å². The first-order chi connectivity index (χ1) is 3.62. The zero-order valence-electron chi connectivity index (χ0n) is 6.29. The SMILES string of the molecule is CCOS(=O)(=O)NO.[H-].[Na+]. The molecule has 0 atom stereocenters. The Morgan fingerprint density at radius 1 is 1.78 bits per heavy atom. The average molecular weight is 165 g/mol. The zero-order valence-corrected chi connectivity index (χ0v) is 8.10. The van der Waals surface area contributed by atoms with Crippen LogP contribution in [0, 0.1) is 0 Å². The summed E-state index contributed by atoms with van der Waals surface area (Å²) in [5, 5.41) is 7.76. The molecule has 0 aliphatic heterocycles. The van der Waals surface area contributed by atoms with Gasteiger partial charge in [0.25, 0.3) is 0 Å². The maximum atomic E-state index is 10.0. The molecule has 0 amide bonds. The summed E-state index contributed by atoms with van der Waals surface area (Å²) in [4.78, 5) is 0.992. The van der Waals surface area contributed by atoms with Crippen molar-refractivity contribution in [3.63, 3.8) is 0 Å². The monoisotopic (exact) mass is 165 g/mol. The molecule has 7 heteroatoms. The fourth-order valence-electron chi connectivity index (χ4n) is 0.182. The topological polar surface area (TPSA) is 75.6 Å². The van der Waals surface area contributed by atoms with Crippen molar-refractivity contribution in [1.29, 1.82) is 0 Å². The molecule has 0 spiro atoms. The molecule has 52 valence electrons.